The van der Waals surface area contributed by atoms with Crippen LogP contribution >= 0.6 is 0 Å². The van der Waals surface area contributed by atoms with Gasteiger partial charge in [-0.3, -0.25) is 0 Å². The highest BCUT2D eigenvalue weighted by Crippen LogP contribution is 2.72. The number of hydrogen-bond donors (Lipinski definition) is 0. The van der Waals surface area contributed by atoms with Crippen molar-refractivity contribution in [1.29, 1.82) is 10.5 Å². The van der Waals surface area contributed by atoms with E-state index in [0.29, 0.717) is 0 Å². The fraction of sp³-hybridized carbons (Fsp3) is 0.133. The van der Waals surface area contributed by atoms with Crippen molar-refractivity contribution in [3.8, 4) is 12.4 Å². The van der Waals surface area contributed by atoms with Crippen molar-refractivity contribution in [2.24, 2.45) is 0 Å². The van der Waals surface area contributed by atoms with E-state index in [9.17, 15) is 10.5 Å². The Labute approximate surface area is 198 Å². The molecular weight excluding hydrogens is 416 g/mol. The molecule has 4 nitrogen and oxygen atoms in total. The number of benzene rings is 4. The van der Waals surface area contributed by atoms with Crippen molar-refractivity contribution >= 4 is 22.7 Å². The van der Waals surface area contributed by atoms with Gasteiger partial charge < -0.3 is 0 Å². The van der Waals surface area contributed by atoms with Crippen molar-refractivity contribution in [3.05, 3.63) is 119 Å². The van der Waals surface area contributed by atoms with E-state index in [0.717, 1.165) is 22.7 Å². The van der Waals surface area contributed by atoms with Gasteiger partial charge in [0.1, 0.15) is 0 Å². The quantitative estimate of drug-likeness (QED) is 0.279. The molecule has 0 bridgehead atoms. The Balaban J connectivity index is 1.58. The summed E-state index contributed by atoms with van der Waals surface area (Å²) in [4.78, 5) is 3.59. The highest BCUT2D eigenvalue weighted by molar-refractivity contribution is 5.82. The average molecular weight is 437 g/mol. The summed E-state index contributed by atoms with van der Waals surface area (Å²) in [6.07, 6.45) is 4.91. The van der Waals surface area contributed by atoms with Gasteiger partial charge in [-0.05, 0) is 46.5 Å². The Kier molecular flexibility index (Phi) is 3.89. The molecule has 0 spiro atoms. The second kappa shape index (κ2) is 6.98. The fourth-order valence-electron chi connectivity index (χ4n) is 6.66. The Bertz CT molecular complexity index is 1310. The van der Waals surface area contributed by atoms with E-state index in [1.54, 1.807) is 9.80 Å². The van der Waals surface area contributed by atoms with E-state index >= 15 is 0 Å². The van der Waals surface area contributed by atoms with Crippen LogP contribution < -0.4 is 9.80 Å². The monoisotopic (exact) mass is 436 g/mol. The molecule has 0 atom stereocenters. The SMILES string of the molecule is N#CN1c2ccccc2C2C(c3ccccc31)C1c3ccccc3N(C#N)c3ccccc3C21. The lowest BCUT2D eigenvalue weighted by Gasteiger charge is -2.52. The van der Waals surface area contributed by atoms with Crippen molar-refractivity contribution in [2.75, 3.05) is 9.80 Å². The predicted octanol–water partition coefficient (Wildman–Crippen LogP) is 7.00. The largest absolute Gasteiger partial charge is 0.247 e. The van der Waals surface area contributed by atoms with Crippen LogP contribution in [0, 0.1) is 22.9 Å². The van der Waals surface area contributed by atoms with E-state index in [-0.39, 0.29) is 23.7 Å². The van der Waals surface area contributed by atoms with Crippen LogP contribution in [0.5, 0.6) is 0 Å². The van der Waals surface area contributed by atoms with E-state index in [1.165, 1.54) is 22.3 Å². The van der Waals surface area contributed by atoms with Crippen LogP contribution in [0.25, 0.3) is 0 Å². The molecule has 160 valence electrons. The lowest BCUT2D eigenvalue weighted by Crippen LogP contribution is -2.39. The van der Waals surface area contributed by atoms with Gasteiger partial charge in [0.2, 0.25) is 0 Å². The van der Waals surface area contributed by atoms with Crippen LogP contribution in [-0.2, 0) is 0 Å². The van der Waals surface area contributed by atoms with Gasteiger partial charge in [0.15, 0.2) is 12.4 Å². The molecular formula is C30H20N4. The molecule has 2 aliphatic heterocycles. The van der Waals surface area contributed by atoms with Gasteiger partial charge in [-0.25, -0.2) is 9.80 Å². The highest BCUT2D eigenvalue weighted by atomic mass is 15.2. The topological polar surface area (TPSA) is 54.1 Å². The first-order valence-electron chi connectivity index (χ1n) is 11.6. The first kappa shape index (κ1) is 19.0. The van der Waals surface area contributed by atoms with Crippen LogP contribution in [-0.4, -0.2) is 0 Å². The molecule has 1 saturated carbocycles. The Morgan fingerprint density at radius 3 is 0.882 bits per heavy atom. The summed E-state index contributed by atoms with van der Waals surface area (Å²) >= 11 is 0. The van der Waals surface area contributed by atoms with Crippen LogP contribution in [0.3, 0.4) is 0 Å². The number of nitriles is 2. The molecule has 4 aromatic rings. The van der Waals surface area contributed by atoms with Crippen LogP contribution in [0.15, 0.2) is 97.1 Å². The van der Waals surface area contributed by atoms with Crippen molar-refractivity contribution in [1.82, 2.24) is 0 Å². The molecule has 2 heterocycles. The molecule has 0 radical (unpaired) electrons. The molecule has 0 saturated heterocycles. The van der Waals surface area contributed by atoms with Gasteiger partial charge in [-0.15, -0.1) is 0 Å². The van der Waals surface area contributed by atoms with Gasteiger partial charge in [-0.1, -0.05) is 72.8 Å². The molecule has 0 amide bonds. The van der Waals surface area contributed by atoms with E-state index in [2.05, 4.69) is 85.2 Å². The van der Waals surface area contributed by atoms with Gasteiger partial charge in [-0.2, -0.15) is 10.5 Å². The second-order valence-electron chi connectivity index (χ2n) is 9.21. The van der Waals surface area contributed by atoms with Gasteiger partial charge in [0, 0.05) is 23.7 Å². The van der Waals surface area contributed by atoms with E-state index in [1.807, 2.05) is 24.3 Å². The predicted molar refractivity (Wildman–Crippen MR) is 132 cm³/mol. The van der Waals surface area contributed by atoms with Gasteiger partial charge >= 0.3 is 0 Å². The normalized spacial score (nSPS) is 23.1. The van der Waals surface area contributed by atoms with Crippen molar-refractivity contribution in [2.45, 2.75) is 23.7 Å². The van der Waals surface area contributed by atoms with Gasteiger partial charge in [0.25, 0.3) is 0 Å². The zero-order chi connectivity index (χ0) is 22.8. The maximum atomic E-state index is 10.2. The number of anilines is 4. The molecule has 3 aliphatic rings. The standard InChI is InChI=1S/C30H20N4/c31-17-33-23-13-5-1-9-19(23)27-28(20-10-2-6-14-24(20)33)30-22-12-4-8-16-26(22)34(18-32)25-15-7-3-11-21(25)29(27)30/h1-16,27-30H. The van der Waals surface area contributed by atoms with Crippen molar-refractivity contribution in [3.63, 3.8) is 0 Å². The minimum absolute atomic E-state index is 0.202. The molecule has 4 heteroatoms. The van der Waals surface area contributed by atoms with Crippen molar-refractivity contribution < 1.29 is 0 Å². The first-order valence-corrected chi connectivity index (χ1v) is 11.6. The zero-order valence-electron chi connectivity index (χ0n) is 18.3. The number of hydrogen-bond acceptors (Lipinski definition) is 4. The summed E-state index contributed by atoms with van der Waals surface area (Å²) in [6, 6.07) is 33.3. The fourth-order valence-corrected chi connectivity index (χ4v) is 6.66. The molecule has 0 N–H and O–H groups in total. The molecule has 7 rings (SSSR count). The van der Waals surface area contributed by atoms with Crippen LogP contribution in [0.2, 0.25) is 0 Å². The molecule has 0 aromatic heterocycles. The Hall–Kier alpha value is -4.54. The molecule has 1 aliphatic carbocycles. The number of fused-ring (bicyclic) bond motifs is 12. The first-order chi connectivity index (χ1) is 16.8. The second-order valence-corrected chi connectivity index (χ2v) is 9.21. The summed E-state index contributed by atoms with van der Waals surface area (Å²) in [7, 11) is 0. The lowest BCUT2D eigenvalue weighted by atomic mass is 9.49. The summed E-state index contributed by atoms with van der Waals surface area (Å²) in [5.41, 5.74) is 8.61. The number of rotatable bonds is 0. The smallest absolute Gasteiger partial charge is 0.189 e. The Morgan fingerprint density at radius 2 is 0.647 bits per heavy atom. The highest BCUT2D eigenvalue weighted by Gasteiger charge is 2.57. The minimum atomic E-state index is 0.202. The zero-order valence-corrected chi connectivity index (χ0v) is 18.3. The third-order valence-electron chi connectivity index (χ3n) is 7.89. The van der Waals surface area contributed by atoms with E-state index in [4.69, 9.17) is 0 Å². The van der Waals surface area contributed by atoms with Crippen LogP contribution in [0.1, 0.15) is 45.9 Å². The third kappa shape index (κ3) is 2.30. The third-order valence-corrected chi connectivity index (χ3v) is 7.89. The molecule has 34 heavy (non-hydrogen) atoms. The summed E-state index contributed by atoms with van der Waals surface area (Å²) in [5.74, 6) is 0.809. The maximum absolute atomic E-state index is 10.2. The lowest BCUT2D eigenvalue weighted by molar-refractivity contribution is 0.234. The minimum Gasteiger partial charge on any atom is -0.247 e. The average Bonchev–Trinajstić information content (AvgIpc) is 3.03. The maximum Gasteiger partial charge on any atom is 0.189 e. The molecule has 0 unspecified atom stereocenters. The number of nitrogens with zero attached hydrogens (tertiary/aromatic N) is 4. The summed E-state index contributed by atoms with van der Waals surface area (Å²) in [6.45, 7) is 0. The van der Waals surface area contributed by atoms with Crippen LogP contribution in [0.4, 0.5) is 22.7 Å². The summed E-state index contributed by atoms with van der Waals surface area (Å²) < 4.78 is 0. The number of para-hydroxylation sites is 4. The summed E-state index contributed by atoms with van der Waals surface area (Å²) in [5, 5.41) is 20.4. The van der Waals surface area contributed by atoms with E-state index < -0.39 is 0 Å². The van der Waals surface area contributed by atoms with Gasteiger partial charge in [0.05, 0.1) is 22.7 Å². The Morgan fingerprint density at radius 1 is 0.412 bits per heavy atom. The molecule has 1 fully saturated rings. The molecule has 4 aromatic carbocycles.